The summed E-state index contributed by atoms with van der Waals surface area (Å²) in [5.41, 5.74) is 11.3. The molecule has 0 radical (unpaired) electrons. The summed E-state index contributed by atoms with van der Waals surface area (Å²) in [7, 11) is 0. The Morgan fingerprint density at radius 3 is 2.58 bits per heavy atom. The van der Waals surface area contributed by atoms with Crippen molar-refractivity contribution in [1.29, 1.82) is 0 Å². The zero-order valence-corrected chi connectivity index (χ0v) is 11.0. The number of rotatable bonds is 7. The van der Waals surface area contributed by atoms with Crippen LogP contribution in [0.1, 0.15) is 13.3 Å². The predicted octanol–water partition coefficient (Wildman–Crippen LogP) is 0.372. The lowest BCUT2D eigenvalue weighted by Crippen LogP contribution is -2.38. The van der Waals surface area contributed by atoms with Crippen LogP contribution in [0.3, 0.4) is 0 Å². The normalized spacial score (nSPS) is 9.95. The number of carbonyl (C=O) groups is 2. The number of likely N-dealkylation sites (N-methyl/N-ethyl adjacent to an activating group) is 1. The summed E-state index contributed by atoms with van der Waals surface area (Å²) in [4.78, 5) is 24.0. The van der Waals surface area contributed by atoms with E-state index in [-0.39, 0.29) is 25.5 Å². The third kappa shape index (κ3) is 4.87. The van der Waals surface area contributed by atoms with Gasteiger partial charge in [0.15, 0.2) is 0 Å². The zero-order valence-electron chi connectivity index (χ0n) is 11.0. The maximum atomic E-state index is 11.8. The third-order valence-electron chi connectivity index (χ3n) is 2.57. The molecule has 0 spiro atoms. The van der Waals surface area contributed by atoms with Gasteiger partial charge in [-0.2, -0.15) is 0 Å². The highest BCUT2D eigenvalue weighted by molar-refractivity contribution is 5.83. The average Bonchev–Trinajstić information content (AvgIpc) is 2.37. The van der Waals surface area contributed by atoms with Crippen LogP contribution in [0.15, 0.2) is 24.3 Å². The molecule has 1 aromatic carbocycles. The van der Waals surface area contributed by atoms with Gasteiger partial charge in [0, 0.05) is 6.54 Å². The number of nitrogens with two attached hydrogens (primary N) is 2. The maximum absolute atomic E-state index is 11.8. The number of amides is 2. The quantitative estimate of drug-likeness (QED) is 0.696. The van der Waals surface area contributed by atoms with E-state index in [9.17, 15) is 9.59 Å². The highest BCUT2D eigenvalue weighted by Crippen LogP contribution is 2.19. The van der Waals surface area contributed by atoms with Gasteiger partial charge in [0.2, 0.25) is 11.8 Å². The molecule has 0 saturated carbocycles. The zero-order chi connectivity index (χ0) is 14.3. The predicted molar refractivity (Wildman–Crippen MR) is 72.4 cm³/mol. The van der Waals surface area contributed by atoms with Crippen LogP contribution in [0.2, 0.25) is 0 Å². The van der Waals surface area contributed by atoms with Crippen LogP contribution >= 0.6 is 0 Å². The molecule has 6 nitrogen and oxygen atoms in total. The molecule has 1 rings (SSSR count). The Kier molecular flexibility index (Phi) is 5.66. The summed E-state index contributed by atoms with van der Waals surface area (Å²) in [6, 6.07) is 7.07. The Bertz CT molecular complexity index is 449. The number of para-hydroxylation sites is 2. The first-order valence-corrected chi connectivity index (χ1v) is 6.08. The Morgan fingerprint density at radius 1 is 1.32 bits per heavy atom. The first kappa shape index (κ1) is 14.8. The lowest BCUT2D eigenvalue weighted by atomic mass is 10.3. The molecular weight excluding hydrogens is 246 g/mol. The van der Waals surface area contributed by atoms with Crippen LogP contribution in [-0.2, 0) is 9.59 Å². The van der Waals surface area contributed by atoms with Crippen LogP contribution in [0.25, 0.3) is 0 Å². The standard InChI is InChI=1S/C13H19N3O3/c1-2-16(9-12(15)17)13(18)7-8-19-11-6-4-3-5-10(11)14/h3-6H,2,7-9,14H2,1H3,(H2,15,17). The minimum atomic E-state index is -0.525. The minimum absolute atomic E-state index is 0.0667. The topological polar surface area (TPSA) is 98.6 Å². The van der Waals surface area contributed by atoms with Gasteiger partial charge < -0.3 is 21.1 Å². The van der Waals surface area contributed by atoms with Crippen LogP contribution in [0, 0.1) is 0 Å². The molecule has 0 unspecified atom stereocenters. The van der Waals surface area contributed by atoms with E-state index in [1.54, 1.807) is 31.2 Å². The second kappa shape index (κ2) is 7.25. The van der Waals surface area contributed by atoms with Crippen molar-refractivity contribution >= 4 is 17.5 Å². The minimum Gasteiger partial charge on any atom is -0.491 e. The Hall–Kier alpha value is -2.24. The van der Waals surface area contributed by atoms with Crippen LogP contribution < -0.4 is 16.2 Å². The summed E-state index contributed by atoms with van der Waals surface area (Å²) in [5, 5.41) is 0. The van der Waals surface area contributed by atoms with Gasteiger partial charge in [-0.15, -0.1) is 0 Å². The fraction of sp³-hybridized carbons (Fsp3) is 0.385. The van der Waals surface area contributed by atoms with Gasteiger partial charge in [0.1, 0.15) is 5.75 Å². The molecule has 0 aromatic heterocycles. The Balaban J connectivity index is 2.42. The molecule has 0 atom stereocenters. The molecule has 4 N–H and O–H groups in total. The molecule has 0 heterocycles. The molecule has 0 aliphatic heterocycles. The number of anilines is 1. The molecule has 19 heavy (non-hydrogen) atoms. The molecule has 104 valence electrons. The number of hydrogen-bond donors (Lipinski definition) is 2. The largest absolute Gasteiger partial charge is 0.491 e. The summed E-state index contributed by atoms with van der Waals surface area (Å²) in [6.45, 7) is 2.37. The van der Waals surface area contributed by atoms with Gasteiger partial charge >= 0.3 is 0 Å². The lowest BCUT2D eigenvalue weighted by Gasteiger charge is -2.19. The summed E-state index contributed by atoms with van der Waals surface area (Å²) in [6.07, 6.45) is 0.176. The van der Waals surface area contributed by atoms with Gasteiger partial charge in [0.05, 0.1) is 25.3 Å². The number of nitrogen functional groups attached to an aromatic ring is 1. The Morgan fingerprint density at radius 2 is 2.00 bits per heavy atom. The molecule has 0 aliphatic carbocycles. The molecular formula is C13H19N3O3. The smallest absolute Gasteiger partial charge is 0.237 e. The number of nitrogens with zero attached hydrogens (tertiary/aromatic N) is 1. The van der Waals surface area contributed by atoms with Gasteiger partial charge in [-0.1, -0.05) is 12.1 Å². The van der Waals surface area contributed by atoms with E-state index in [1.807, 2.05) is 0 Å². The Labute approximate surface area is 112 Å². The van der Waals surface area contributed by atoms with Crippen LogP contribution in [-0.4, -0.2) is 36.4 Å². The van der Waals surface area contributed by atoms with Gasteiger partial charge in [-0.3, -0.25) is 9.59 Å². The van der Waals surface area contributed by atoms with Crippen molar-refractivity contribution in [3.05, 3.63) is 24.3 Å². The van der Waals surface area contributed by atoms with Crippen molar-refractivity contribution in [1.82, 2.24) is 4.90 Å². The van der Waals surface area contributed by atoms with E-state index in [4.69, 9.17) is 16.2 Å². The summed E-state index contributed by atoms with van der Waals surface area (Å²) < 4.78 is 5.42. The van der Waals surface area contributed by atoms with Gasteiger partial charge in [-0.25, -0.2) is 0 Å². The third-order valence-corrected chi connectivity index (χ3v) is 2.57. The molecule has 0 fully saturated rings. The van der Waals surface area contributed by atoms with E-state index in [1.165, 1.54) is 4.90 Å². The van der Waals surface area contributed by atoms with Crippen molar-refractivity contribution in [2.24, 2.45) is 5.73 Å². The molecule has 0 saturated heterocycles. The summed E-state index contributed by atoms with van der Waals surface area (Å²) in [5.74, 6) is -0.146. The monoisotopic (exact) mass is 265 g/mol. The van der Waals surface area contributed by atoms with Crippen molar-refractivity contribution in [2.75, 3.05) is 25.4 Å². The highest BCUT2D eigenvalue weighted by Gasteiger charge is 2.13. The highest BCUT2D eigenvalue weighted by atomic mass is 16.5. The van der Waals surface area contributed by atoms with E-state index in [0.29, 0.717) is 18.0 Å². The molecule has 0 bridgehead atoms. The van der Waals surface area contributed by atoms with Crippen molar-refractivity contribution in [2.45, 2.75) is 13.3 Å². The number of hydrogen-bond acceptors (Lipinski definition) is 4. The molecule has 6 heteroatoms. The van der Waals surface area contributed by atoms with Crippen molar-refractivity contribution < 1.29 is 14.3 Å². The van der Waals surface area contributed by atoms with E-state index in [2.05, 4.69) is 0 Å². The second-order valence-corrected chi connectivity index (χ2v) is 4.01. The van der Waals surface area contributed by atoms with Gasteiger partial charge in [-0.05, 0) is 19.1 Å². The van der Waals surface area contributed by atoms with Gasteiger partial charge in [0.25, 0.3) is 0 Å². The SMILES string of the molecule is CCN(CC(N)=O)C(=O)CCOc1ccccc1N. The lowest BCUT2D eigenvalue weighted by molar-refractivity contribution is -0.135. The number of benzene rings is 1. The molecule has 2 amide bonds. The number of primary amides is 1. The molecule has 0 aliphatic rings. The van der Waals surface area contributed by atoms with E-state index < -0.39 is 5.91 Å². The van der Waals surface area contributed by atoms with Crippen molar-refractivity contribution in [3.8, 4) is 5.75 Å². The average molecular weight is 265 g/mol. The molecule has 1 aromatic rings. The number of ether oxygens (including phenoxy) is 1. The first-order chi connectivity index (χ1) is 9.04. The fourth-order valence-corrected chi connectivity index (χ4v) is 1.58. The van der Waals surface area contributed by atoms with Crippen molar-refractivity contribution in [3.63, 3.8) is 0 Å². The van der Waals surface area contributed by atoms with E-state index in [0.717, 1.165) is 0 Å². The second-order valence-electron chi connectivity index (χ2n) is 4.01. The van der Waals surface area contributed by atoms with Crippen LogP contribution in [0.4, 0.5) is 5.69 Å². The fourth-order valence-electron chi connectivity index (χ4n) is 1.58. The summed E-state index contributed by atoms with van der Waals surface area (Å²) >= 11 is 0. The maximum Gasteiger partial charge on any atom is 0.237 e. The first-order valence-electron chi connectivity index (χ1n) is 6.08. The van der Waals surface area contributed by atoms with E-state index >= 15 is 0 Å². The number of carbonyl (C=O) groups excluding carboxylic acids is 2. The van der Waals surface area contributed by atoms with Crippen LogP contribution in [0.5, 0.6) is 5.75 Å².